The van der Waals surface area contributed by atoms with Gasteiger partial charge in [0, 0.05) is 31.2 Å². The normalized spacial score (nSPS) is 21.8. The van der Waals surface area contributed by atoms with Gasteiger partial charge in [-0.25, -0.2) is 21.1 Å². The quantitative estimate of drug-likeness (QED) is 0.443. The standard InChI is InChI=1S/C23H38N2O8S2/c1-22(2,16-32-21-8-6-7-13-31-21)19-14-17(33-24-19)15-20(26)23(3,4)35(29,30)18-9-11-25(12-10-18)34(5,27)28/h14,18,21H,6-13,15-16H2,1-5H3. The fourth-order valence-electron chi connectivity index (χ4n) is 4.35. The molecule has 0 amide bonds. The third kappa shape index (κ3) is 6.51. The number of Topliss-reactive ketones (excluding diaryl/α,β-unsaturated/α-hetero) is 1. The van der Waals surface area contributed by atoms with Crippen LogP contribution in [0.4, 0.5) is 0 Å². The molecule has 10 nitrogen and oxygen atoms in total. The second-order valence-electron chi connectivity index (χ2n) is 10.7. The van der Waals surface area contributed by atoms with Gasteiger partial charge < -0.3 is 14.0 Å². The predicted molar refractivity (Wildman–Crippen MR) is 130 cm³/mol. The molecule has 200 valence electrons. The SMILES string of the molecule is CC(C)(COC1CCCCO1)c1cc(CC(=O)C(C)(C)S(=O)(=O)C2CCN(S(C)(=O)=O)CC2)on1. The topological polar surface area (TPSA) is 133 Å². The third-order valence-corrected chi connectivity index (χ3v) is 11.3. The Morgan fingerprint density at radius 2 is 1.77 bits per heavy atom. The van der Waals surface area contributed by atoms with Gasteiger partial charge in [0.1, 0.15) is 10.5 Å². The molecule has 3 heterocycles. The molecule has 1 unspecified atom stereocenters. The van der Waals surface area contributed by atoms with Gasteiger partial charge in [-0.05, 0) is 46.0 Å². The number of ketones is 1. The number of carbonyl (C=O) groups excluding carboxylic acids is 1. The Labute approximate surface area is 208 Å². The zero-order chi connectivity index (χ0) is 26.1. The zero-order valence-corrected chi connectivity index (χ0v) is 22.9. The van der Waals surface area contributed by atoms with E-state index in [-0.39, 0.29) is 38.6 Å². The Hall–Kier alpha value is -1.34. The molecule has 0 radical (unpaired) electrons. The lowest BCUT2D eigenvalue weighted by Crippen LogP contribution is -2.50. The summed E-state index contributed by atoms with van der Waals surface area (Å²) in [5.41, 5.74) is 0.130. The average molecular weight is 535 g/mol. The Morgan fingerprint density at radius 3 is 2.34 bits per heavy atom. The summed E-state index contributed by atoms with van der Waals surface area (Å²) in [5, 5.41) is 3.34. The van der Waals surface area contributed by atoms with Crippen molar-refractivity contribution in [1.82, 2.24) is 9.46 Å². The fraction of sp³-hybridized carbons (Fsp3) is 0.826. The maximum atomic E-state index is 13.3. The average Bonchev–Trinajstić information content (AvgIpc) is 3.27. The van der Waals surface area contributed by atoms with E-state index in [1.54, 1.807) is 6.07 Å². The molecule has 1 aromatic rings. The van der Waals surface area contributed by atoms with Crippen LogP contribution in [0.1, 0.15) is 71.3 Å². The maximum Gasteiger partial charge on any atom is 0.211 e. The van der Waals surface area contributed by atoms with Crippen LogP contribution in [0.5, 0.6) is 0 Å². The summed E-state index contributed by atoms with van der Waals surface area (Å²) < 4.78 is 66.7. The summed E-state index contributed by atoms with van der Waals surface area (Å²) >= 11 is 0. The molecule has 1 atom stereocenters. The van der Waals surface area contributed by atoms with Crippen molar-refractivity contribution in [3.8, 4) is 0 Å². The number of nitrogens with zero attached hydrogens (tertiary/aromatic N) is 2. The van der Waals surface area contributed by atoms with Crippen molar-refractivity contribution in [3.05, 3.63) is 17.5 Å². The first-order chi connectivity index (χ1) is 16.1. The number of hydrogen-bond donors (Lipinski definition) is 0. The van der Waals surface area contributed by atoms with E-state index in [1.165, 1.54) is 18.2 Å². The number of hydrogen-bond acceptors (Lipinski definition) is 9. The molecule has 0 bridgehead atoms. The van der Waals surface area contributed by atoms with Crippen LogP contribution in [-0.2, 0) is 46.0 Å². The van der Waals surface area contributed by atoms with Crippen molar-refractivity contribution in [2.45, 2.75) is 87.9 Å². The summed E-state index contributed by atoms with van der Waals surface area (Å²) in [4.78, 5) is 13.1. The smallest absolute Gasteiger partial charge is 0.211 e. The van der Waals surface area contributed by atoms with Gasteiger partial charge in [-0.3, -0.25) is 4.79 Å². The van der Waals surface area contributed by atoms with E-state index < -0.39 is 41.1 Å². The van der Waals surface area contributed by atoms with E-state index in [0.717, 1.165) is 25.5 Å². The minimum atomic E-state index is -3.86. The molecule has 35 heavy (non-hydrogen) atoms. The van der Waals surface area contributed by atoms with Crippen molar-refractivity contribution >= 4 is 25.6 Å². The van der Waals surface area contributed by atoms with Crippen LogP contribution in [0.3, 0.4) is 0 Å². The van der Waals surface area contributed by atoms with E-state index in [2.05, 4.69) is 5.16 Å². The molecule has 0 aromatic carbocycles. The summed E-state index contributed by atoms with van der Waals surface area (Å²) in [6, 6.07) is 1.68. The van der Waals surface area contributed by atoms with Crippen molar-refractivity contribution in [3.63, 3.8) is 0 Å². The minimum absolute atomic E-state index is 0.127. The largest absolute Gasteiger partial charge is 0.361 e. The van der Waals surface area contributed by atoms with Crippen LogP contribution in [0.15, 0.2) is 10.6 Å². The minimum Gasteiger partial charge on any atom is -0.361 e. The molecular weight excluding hydrogens is 496 g/mol. The first kappa shape index (κ1) is 28.2. The number of sulfone groups is 1. The lowest BCUT2D eigenvalue weighted by atomic mass is 9.90. The molecular formula is C23H38N2O8S2. The highest BCUT2D eigenvalue weighted by Crippen LogP contribution is 2.31. The van der Waals surface area contributed by atoms with E-state index in [0.29, 0.717) is 24.7 Å². The molecule has 0 N–H and O–H groups in total. The van der Waals surface area contributed by atoms with Gasteiger partial charge in [0.25, 0.3) is 0 Å². The fourth-order valence-corrected chi connectivity index (χ4v) is 7.28. The summed E-state index contributed by atoms with van der Waals surface area (Å²) in [7, 11) is -7.23. The first-order valence-corrected chi connectivity index (χ1v) is 15.5. The van der Waals surface area contributed by atoms with Crippen molar-refractivity contribution in [2.75, 3.05) is 32.6 Å². The van der Waals surface area contributed by atoms with Crippen LogP contribution in [0.2, 0.25) is 0 Å². The zero-order valence-electron chi connectivity index (χ0n) is 21.3. The maximum absolute atomic E-state index is 13.3. The van der Waals surface area contributed by atoms with Gasteiger partial charge in [0.15, 0.2) is 21.9 Å². The molecule has 3 rings (SSSR count). The van der Waals surface area contributed by atoms with Crippen LogP contribution in [0, 0.1) is 0 Å². The van der Waals surface area contributed by atoms with Gasteiger partial charge in [0.05, 0.1) is 30.2 Å². The Bertz CT molecular complexity index is 1090. The number of carbonyl (C=O) groups is 1. The van der Waals surface area contributed by atoms with Gasteiger partial charge in [0.2, 0.25) is 10.0 Å². The van der Waals surface area contributed by atoms with Crippen LogP contribution in [-0.4, -0.2) is 80.9 Å². The van der Waals surface area contributed by atoms with Gasteiger partial charge >= 0.3 is 0 Å². The first-order valence-electron chi connectivity index (χ1n) is 12.1. The molecule has 2 saturated heterocycles. The highest BCUT2D eigenvalue weighted by atomic mass is 32.2. The second kappa shape index (κ2) is 10.6. The lowest BCUT2D eigenvalue weighted by molar-refractivity contribution is -0.170. The molecule has 2 aliphatic heterocycles. The van der Waals surface area contributed by atoms with Crippen LogP contribution < -0.4 is 0 Å². The van der Waals surface area contributed by atoms with E-state index in [1.807, 2.05) is 13.8 Å². The number of ether oxygens (including phenoxy) is 2. The highest BCUT2D eigenvalue weighted by molar-refractivity contribution is 7.94. The number of sulfonamides is 1. The van der Waals surface area contributed by atoms with Gasteiger partial charge in [-0.15, -0.1) is 0 Å². The molecule has 0 aliphatic carbocycles. The highest BCUT2D eigenvalue weighted by Gasteiger charge is 2.47. The molecule has 0 saturated carbocycles. The van der Waals surface area contributed by atoms with Crippen LogP contribution >= 0.6 is 0 Å². The van der Waals surface area contributed by atoms with Crippen molar-refractivity contribution in [1.29, 1.82) is 0 Å². The Balaban J connectivity index is 1.62. The predicted octanol–water partition coefficient (Wildman–Crippen LogP) is 2.22. The van der Waals surface area contributed by atoms with E-state index in [4.69, 9.17) is 14.0 Å². The summed E-state index contributed by atoms with van der Waals surface area (Å²) in [5.74, 6) is -0.197. The second-order valence-corrected chi connectivity index (χ2v) is 15.4. The molecule has 12 heteroatoms. The third-order valence-electron chi connectivity index (χ3n) is 7.05. The van der Waals surface area contributed by atoms with Gasteiger partial charge in [-0.1, -0.05) is 19.0 Å². The Morgan fingerprint density at radius 1 is 1.11 bits per heavy atom. The monoisotopic (exact) mass is 534 g/mol. The van der Waals surface area contributed by atoms with E-state index >= 15 is 0 Å². The van der Waals surface area contributed by atoms with Crippen molar-refractivity contribution in [2.24, 2.45) is 0 Å². The molecule has 1 aromatic heterocycles. The van der Waals surface area contributed by atoms with E-state index in [9.17, 15) is 21.6 Å². The molecule has 0 spiro atoms. The Kier molecular flexibility index (Phi) is 8.52. The number of piperidine rings is 1. The number of aromatic nitrogens is 1. The van der Waals surface area contributed by atoms with Crippen LogP contribution in [0.25, 0.3) is 0 Å². The molecule has 2 fully saturated rings. The number of rotatable bonds is 10. The lowest BCUT2D eigenvalue weighted by Gasteiger charge is -2.34. The summed E-state index contributed by atoms with van der Waals surface area (Å²) in [6.45, 7) is 8.04. The van der Waals surface area contributed by atoms with Gasteiger partial charge in [-0.2, -0.15) is 0 Å². The van der Waals surface area contributed by atoms with Crippen molar-refractivity contribution < 1.29 is 35.6 Å². The summed E-state index contributed by atoms with van der Waals surface area (Å²) in [6.07, 6.45) is 3.96. The molecule has 2 aliphatic rings.